The molecule has 0 radical (unpaired) electrons. The van der Waals surface area contributed by atoms with Gasteiger partial charge in [-0.2, -0.15) is 5.26 Å². The number of carboxylic acids is 1. The summed E-state index contributed by atoms with van der Waals surface area (Å²) in [6, 6.07) is 9.52. The molecule has 0 atom stereocenters. The standard InChI is InChI=1S/C18H11F2N3O3/c1-26-16-5-4-12(7-14(16)20)23-9-15(18(24)25)22-17(23)10-2-3-11(8-21)13(19)6-10/h2-7,9H,1H3,(H,24,25). The summed E-state index contributed by atoms with van der Waals surface area (Å²) in [4.78, 5) is 15.3. The van der Waals surface area contributed by atoms with E-state index in [0.29, 0.717) is 0 Å². The summed E-state index contributed by atoms with van der Waals surface area (Å²) >= 11 is 0. The summed E-state index contributed by atoms with van der Waals surface area (Å²) in [6.45, 7) is 0. The lowest BCUT2D eigenvalue weighted by atomic mass is 10.1. The highest BCUT2D eigenvalue weighted by Gasteiger charge is 2.18. The molecule has 130 valence electrons. The first kappa shape index (κ1) is 17.1. The van der Waals surface area contributed by atoms with E-state index in [0.717, 1.165) is 12.1 Å². The molecule has 1 aromatic heterocycles. The van der Waals surface area contributed by atoms with Crippen LogP contribution in [0, 0.1) is 23.0 Å². The number of halogens is 2. The van der Waals surface area contributed by atoms with Gasteiger partial charge in [0.2, 0.25) is 0 Å². The average Bonchev–Trinajstić information content (AvgIpc) is 3.07. The molecule has 0 saturated carbocycles. The number of carboxylic acid groups (broad SMARTS) is 1. The number of imidazole rings is 1. The number of rotatable bonds is 4. The van der Waals surface area contributed by atoms with E-state index in [2.05, 4.69) is 4.98 Å². The number of aromatic carboxylic acids is 1. The van der Waals surface area contributed by atoms with Crippen molar-refractivity contribution in [2.75, 3.05) is 7.11 Å². The van der Waals surface area contributed by atoms with Gasteiger partial charge >= 0.3 is 5.97 Å². The fraction of sp³-hybridized carbons (Fsp3) is 0.0556. The third-order valence-electron chi connectivity index (χ3n) is 3.69. The number of methoxy groups -OCH3 is 1. The van der Waals surface area contributed by atoms with Gasteiger partial charge in [0.25, 0.3) is 0 Å². The predicted octanol–water partition coefficient (Wildman–Crippen LogP) is 3.40. The van der Waals surface area contributed by atoms with Crippen molar-refractivity contribution in [3.8, 4) is 28.9 Å². The van der Waals surface area contributed by atoms with Gasteiger partial charge in [-0.1, -0.05) is 0 Å². The van der Waals surface area contributed by atoms with Gasteiger partial charge in [-0.3, -0.25) is 4.57 Å². The highest BCUT2D eigenvalue weighted by atomic mass is 19.1. The van der Waals surface area contributed by atoms with Gasteiger partial charge in [0.1, 0.15) is 17.7 Å². The molecule has 0 amide bonds. The first-order valence-electron chi connectivity index (χ1n) is 7.31. The maximum absolute atomic E-state index is 14.0. The van der Waals surface area contributed by atoms with Crippen LogP contribution >= 0.6 is 0 Å². The van der Waals surface area contributed by atoms with E-state index in [1.54, 1.807) is 6.07 Å². The summed E-state index contributed by atoms with van der Waals surface area (Å²) in [5.74, 6) is -2.58. The Bertz CT molecular complexity index is 1050. The zero-order chi connectivity index (χ0) is 18.8. The lowest BCUT2D eigenvalue weighted by molar-refractivity contribution is 0.0691. The number of hydrogen-bond acceptors (Lipinski definition) is 4. The Morgan fingerprint density at radius 3 is 2.58 bits per heavy atom. The van der Waals surface area contributed by atoms with Crippen LogP contribution in [0.5, 0.6) is 5.75 Å². The topological polar surface area (TPSA) is 88.1 Å². The minimum Gasteiger partial charge on any atom is -0.494 e. The zero-order valence-electron chi connectivity index (χ0n) is 13.4. The van der Waals surface area contributed by atoms with Crippen molar-refractivity contribution in [3.63, 3.8) is 0 Å². The van der Waals surface area contributed by atoms with E-state index in [4.69, 9.17) is 10.00 Å². The molecule has 0 unspecified atom stereocenters. The summed E-state index contributed by atoms with van der Waals surface area (Å²) < 4.78 is 34.2. The van der Waals surface area contributed by atoms with Gasteiger partial charge in [-0.25, -0.2) is 18.6 Å². The molecular weight excluding hydrogens is 344 g/mol. The largest absolute Gasteiger partial charge is 0.494 e. The second kappa shape index (κ2) is 6.64. The predicted molar refractivity (Wildman–Crippen MR) is 87.1 cm³/mol. The van der Waals surface area contributed by atoms with Crippen molar-refractivity contribution in [1.29, 1.82) is 5.26 Å². The number of aromatic nitrogens is 2. The van der Waals surface area contributed by atoms with Crippen LogP contribution < -0.4 is 4.74 Å². The number of hydrogen-bond donors (Lipinski definition) is 1. The smallest absolute Gasteiger partial charge is 0.356 e. The molecule has 1 heterocycles. The number of ether oxygens (including phenoxy) is 1. The molecule has 0 saturated heterocycles. The van der Waals surface area contributed by atoms with E-state index in [-0.39, 0.29) is 34.1 Å². The lowest BCUT2D eigenvalue weighted by Gasteiger charge is -2.10. The first-order chi connectivity index (χ1) is 12.4. The molecule has 2 aromatic carbocycles. The quantitative estimate of drug-likeness (QED) is 0.775. The van der Waals surface area contributed by atoms with Crippen LogP contribution in [0.15, 0.2) is 42.6 Å². The van der Waals surface area contributed by atoms with Crippen molar-refractivity contribution in [1.82, 2.24) is 9.55 Å². The molecule has 1 N–H and O–H groups in total. The molecular formula is C18H11F2N3O3. The summed E-state index contributed by atoms with van der Waals surface area (Å²) in [5.41, 5.74) is 0.0788. The van der Waals surface area contributed by atoms with Gasteiger partial charge < -0.3 is 9.84 Å². The normalized spacial score (nSPS) is 10.4. The fourth-order valence-corrected chi connectivity index (χ4v) is 2.43. The third kappa shape index (κ3) is 2.98. The Kier molecular flexibility index (Phi) is 4.37. The minimum atomic E-state index is -1.28. The Morgan fingerprint density at radius 2 is 2.00 bits per heavy atom. The average molecular weight is 355 g/mol. The molecule has 0 spiro atoms. The number of nitrogens with zero attached hydrogens (tertiary/aromatic N) is 3. The Labute approximate surface area is 146 Å². The molecule has 0 aliphatic heterocycles. The third-order valence-corrected chi connectivity index (χ3v) is 3.69. The second-order valence-electron chi connectivity index (χ2n) is 5.25. The second-order valence-corrected chi connectivity index (χ2v) is 5.25. The SMILES string of the molecule is COc1ccc(-n2cc(C(=O)O)nc2-c2ccc(C#N)c(F)c2)cc1F. The van der Waals surface area contributed by atoms with Crippen LogP contribution in [0.4, 0.5) is 8.78 Å². The molecule has 0 fully saturated rings. The highest BCUT2D eigenvalue weighted by molar-refractivity contribution is 5.86. The maximum Gasteiger partial charge on any atom is 0.356 e. The van der Waals surface area contributed by atoms with Gasteiger partial charge in [-0.15, -0.1) is 0 Å². The number of nitriles is 1. The van der Waals surface area contributed by atoms with E-state index >= 15 is 0 Å². The molecule has 6 nitrogen and oxygen atoms in total. The summed E-state index contributed by atoms with van der Waals surface area (Å²) in [6.07, 6.45) is 1.20. The van der Waals surface area contributed by atoms with Crippen molar-refractivity contribution in [2.45, 2.75) is 0 Å². The number of benzene rings is 2. The minimum absolute atomic E-state index is 0.0262. The fourth-order valence-electron chi connectivity index (χ4n) is 2.43. The van der Waals surface area contributed by atoms with Crippen LogP contribution in [0.1, 0.15) is 16.1 Å². The van der Waals surface area contributed by atoms with Crippen molar-refractivity contribution in [3.05, 3.63) is 65.5 Å². The first-order valence-corrected chi connectivity index (χ1v) is 7.31. The van der Waals surface area contributed by atoms with Crippen LogP contribution in [0.25, 0.3) is 17.1 Å². The van der Waals surface area contributed by atoms with Crippen LogP contribution in [0.3, 0.4) is 0 Å². The Morgan fingerprint density at radius 1 is 1.23 bits per heavy atom. The summed E-state index contributed by atoms with van der Waals surface area (Å²) in [5, 5.41) is 18.0. The van der Waals surface area contributed by atoms with Crippen molar-refractivity contribution in [2.24, 2.45) is 0 Å². The van der Waals surface area contributed by atoms with E-state index in [1.165, 1.54) is 42.1 Å². The molecule has 3 rings (SSSR count). The molecule has 8 heteroatoms. The van der Waals surface area contributed by atoms with Gasteiger partial charge in [0, 0.05) is 17.8 Å². The van der Waals surface area contributed by atoms with Crippen LogP contribution in [0.2, 0.25) is 0 Å². The maximum atomic E-state index is 14.0. The van der Waals surface area contributed by atoms with Gasteiger partial charge in [0.05, 0.1) is 18.4 Å². The lowest BCUT2D eigenvalue weighted by Crippen LogP contribution is -1.99. The van der Waals surface area contributed by atoms with Gasteiger partial charge in [-0.05, 0) is 30.3 Å². The summed E-state index contributed by atoms with van der Waals surface area (Å²) in [7, 11) is 1.32. The van der Waals surface area contributed by atoms with E-state index < -0.39 is 17.6 Å². The van der Waals surface area contributed by atoms with Gasteiger partial charge in [0.15, 0.2) is 17.3 Å². The molecule has 0 bridgehead atoms. The molecule has 26 heavy (non-hydrogen) atoms. The Hall–Kier alpha value is -3.73. The molecule has 3 aromatic rings. The van der Waals surface area contributed by atoms with E-state index in [9.17, 15) is 18.7 Å². The molecule has 0 aliphatic rings. The monoisotopic (exact) mass is 355 g/mol. The zero-order valence-corrected chi connectivity index (χ0v) is 13.4. The van der Waals surface area contributed by atoms with Crippen LogP contribution in [-0.4, -0.2) is 27.7 Å². The van der Waals surface area contributed by atoms with Crippen molar-refractivity contribution < 1.29 is 23.4 Å². The number of carbonyl (C=O) groups is 1. The van der Waals surface area contributed by atoms with E-state index in [1.807, 2.05) is 0 Å². The van der Waals surface area contributed by atoms with Crippen LogP contribution in [-0.2, 0) is 0 Å². The Balaban J connectivity index is 2.20. The highest BCUT2D eigenvalue weighted by Crippen LogP contribution is 2.27. The van der Waals surface area contributed by atoms with Crippen molar-refractivity contribution >= 4 is 5.97 Å². The molecule has 0 aliphatic carbocycles.